The molecule has 0 aliphatic heterocycles. The number of hydrogen-bond acceptors (Lipinski definition) is 2. The topological polar surface area (TPSA) is 18.5 Å². The molecule has 0 saturated heterocycles. The van der Waals surface area contributed by atoms with Gasteiger partial charge in [0.25, 0.3) is 0 Å². The lowest BCUT2D eigenvalue weighted by atomic mass is 10.0. The van der Waals surface area contributed by atoms with E-state index in [-0.39, 0.29) is 0 Å². The molecule has 0 aromatic heterocycles. The highest BCUT2D eigenvalue weighted by molar-refractivity contribution is 6.94. The molecule has 0 aliphatic carbocycles. The second kappa shape index (κ2) is 8.91. The molecule has 134 valence electrons. The summed E-state index contributed by atoms with van der Waals surface area (Å²) in [5.41, 5.74) is 4.66. The van der Waals surface area contributed by atoms with Gasteiger partial charge in [-0.1, -0.05) is 73.7 Å². The first-order chi connectivity index (χ1) is 12.0. The maximum atomic E-state index is 5.66. The molecule has 0 spiro atoms. The van der Waals surface area contributed by atoms with Crippen molar-refractivity contribution < 1.29 is 9.47 Å². The van der Waals surface area contributed by atoms with Crippen LogP contribution in [-0.4, -0.2) is 22.3 Å². The monoisotopic (exact) mass is 354 g/mol. The van der Waals surface area contributed by atoms with Gasteiger partial charge in [-0.25, -0.2) is 0 Å². The van der Waals surface area contributed by atoms with Crippen LogP contribution in [0.2, 0.25) is 13.1 Å². The standard InChI is InChI=1S/C22H30O2Si/c1-6-7-11-18-16-21(23-2)20(22(17-18)24-3)14-15-25(4,5)19-12-9-8-10-13-19/h8-10,12-17H,6-7,11H2,1-5H3/b15-14+. The molecule has 0 N–H and O–H groups in total. The lowest BCUT2D eigenvalue weighted by Crippen LogP contribution is -2.39. The molecule has 0 saturated carbocycles. The summed E-state index contributed by atoms with van der Waals surface area (Å²) >= 11 is 0. The maximum absolute atomic E-state index is 5.66. The van der Waals surface area contributed by atoms with E-state index in [0.29, 0.717) is 0 Å². The van der Waals surface area contributed by atoms with Crippen LogP contribution in [0.25, 0.3) is 6.08 Å². The van der Waals surface area contributed by atoms with E-state index in [1.807, 2.05) is 0 Å². The Bertz CT molecular complexity index is 680. The van der Waals surface area contributed by atoms with Crippen molar-refractivity contribution in [3.63, 3.8) is 0 Å². The third-order valence-electron chi connectivity index (χ3n) is 4.61. The zero-order valence-electron chi connectivity index (χ0n) is 16.1. The van der Waals surface area contributed by atoms with Crippen LogP contribution in [-0.2, 0) is 6.42 Å². The summed E-state index contributed by atoms with van der Waals surface area (Å²) in [5.74, 6) is 1.78. The van der Waals surface area contributed by atoms with Crippen LogP contribution < -0.4 is 14.7 Å². The lowest BCUT2D eigenvalue weighted by molar-refractivity contribution is 0.391. The van der Waals surface area contributed by atoms with E-state index in [4.69, 9.17) is 9.47 Å². The number of benzene rings is 2. The molecule has 2 rings (SSSR count). The lowest BCUT2D eigenvalue weighted by Gasteiger charge is -2.19. The van der Waals surface area contributed by atoms with Crippen LogP contribution in [0, 0.1) is 0 Å². The van der Waals surface area contributed by atoms with E-state index in [2.05, 4.69) is 74.3 Å². The van der Waals surface area contributed by atoms with Gasteiger partial charge in [0.2, 0.25) is 0 Å². The largest absolute Gasteiger partial charge is 0.496 e. The number of rotatable bonds is 8. The molecule has 0 heterocycles. The van der Waals surface area contributed by atoms with Gasteiger partial charge in [0.05, 0.1) is 19.8 Å². The van der Waals surface area contributed by atoms with E-state index in [1.165, 1.54) is 23.6 Å². The van der Waals surface area contributed by atoms with E-state index in [1.54, 1.807) is 14.2 Å². The number of methoxy groups -OCH3 is 2. The summed E-state index contributed by atoms with van der Waals surface area (Å²) in [6, 6.07) is 15.0. The average Bonchev–Trinajstić information content (AvgIpc) is 2.65. The van der Waals surface area contributed by atoms with E-state index < -0.39 is 8.07 Å². The van der Waals surface area contributed by atoms with Gasteiger partial charge >= 0.3 is 0 Å². The second-order valence-electron chi connectivity index (χ2n) is 6.94. The highest BCUT2D eigenvalue weighted by Crippen LogP contribution is 2.33. The predicted octanol–water partition coefficient (Wildman–Crippen LogP) is 5.21. The number of ether oxygens (including phenoxy) is 2. The van der Waals surface area contributed by atoms with Crippen LogP contribution in [0.15, 0.2) is 48.2 Å². The van der Waals surface area contributed by atoms with Crippen LogP contribution in [0.3, 0.4) is 0 Å². The zero-order valence-corrected chi connectivity index (χ0v) is 17.1. The van der Waals surface area contributed by atoms with Crippen molar-refractivity contribution in [2.75, 3.05) is 14.2 Å². The smallest absolute Gasteiger partial charge is 0.130 e. The Balaban J connectivity index is 2.37. The summed E-state index contributed by atoms with van der Waals surface area (Å²) in [6.07, 6.45) is 5.59. The Kier molecular flexibility index (Phi) is 6.88. The van der Waals surface area contributed by atoms with Gasteiger partial charge in [-0.2, -0.15) is 0 Å². The summed E-state index contributed by atoms with van der Waals surface area (Å²) in [4.78, 5) is 0. The molecule has 2 aromatic rings. The van der Waals surface area contributed by atoms with Gasteiger partial charge in [-0.3, -0.25) is 0 Å². The fourth-order valence-electron chi connectivity index (χ4n) is 2.94. The number of hydrogen-bond donors (Lipinski definition) is 0. The third-order valence-corrected chi connectivity index (χ3v) is 7.43. The quantitative estimate of drug-likeness (QED) is 0.606. The van der Waals surface area contributed by atoms with Gasteiger partial charge in [-0.15, -0.1) is 0 Å². The van der Waals surface area contributed by atoms with Crippen LogP contribution in [0.4, 0.5) is 0 Å². The number of aryl methyl sites for hydroxylation is 1. The Morgan fingerprint density at radius 2 is 1.56 bits per heavy atom. The fraction of sp³-hybridized carbons (Fsp3) is 0.364. The first-order valence-corrected chi connectivity index (χ1v) is 12.1. The van der Waals surface area contributed by atoms with Crippen LogP contribution in [0.1, 0.15) is 30.9 Å². The second-order valence-corrected chi connectivity index (χ2v) is 11.3. The minimum Gasteiger partial charge on any atom is -0.496 e. The molecular formula is C22H30O2Si. The first-order valence-electron chi connectivity index (χ1n) is 9.01. The summed E-state index contributed by atoms with van der Waals surface area (Å²) < 4.78 is 11.3. The van der Waals surface area contributed by atoms with Crippen molar-refractivity contribution >= 4 is 19.3 Å². The normalized spacial score (nSPS) is 11.7. The van der Waals surface area contributed by atoms with Crippen molar-refractivity contribution in [3.8, 4) is 11.5 Å². The summed E-state index contributed by atoms with van der Waals surface area (Å²) in [5, 5.41) is 1.42. The van der Waals surface area contributed by atoms with Crippen LogP contribution >= 0.6 is 0 Å². The molecule has 2 nitrogen and oxygen atoms in total. The van der Waals surface area contributed by atoms with E-state index in [0.717, 1.165) is 23.5 Å². The van der Waals surface area contributed by atoms with Crippen molar-refractivity contribution in [2.24, 2.45) is 0 Å². The van der Waals surface area contributed by atoms with Crippen LogP contribution in [0.5, 0.6) is 11.5 Å². The average molecular weight is 355 g/mol. The Hall–Kier alpha value is -2.00. The van der Waals surface area contributed by atoms with Gasteiger partial charge in [0.1, 0.15) is 19.6 Å². The highest BCUT2D eigenvalue weighted by Gasteiger charge is 2.20. The van der Waals surface area contributed by atoms with Gasteiger partial charge in [0, 0.05) is 0 Å². The maximum Gasteiger partial charge on any atom is 0.130 e. The molecule has 0 unspecified atom stereocenters. The Morgan fingerprint density at radius 1 is 0.960 bits per heavy atom. The molecule has 0 bridgehead atoms. The molecule has 25 heavy (non-hydrogen) atoms. The zero-order chi connectivity index (χ0) is 18.3. The van der Waals surface area contributed by atoms with Crippen molar-refractivity contribution in [1.82, 2.24) is 0 Å². The molecule has 0 fully saturated rings. The molecule has 0 atom stereocenters. The minimum atomic E-state index is -1.66. The molecule has 2 aromatic carbocycles. The van der Waals surface area contributed by atoms with E-state index in [9.17, 15) is 0 Å². The van der Waals surface area contributed by atoms with Crippen molar-refractivity contribution in [1.29, 1.82) is 0 Å². The fourth-order valence-corrected chi connectivity index (χ4v) is 4.77. The molecule has 0 amide bonds. The summed E-state index contributed by atoms with van der Waals surface area (Å²) in [7, 11) is 1.80. The van der Waals surface area contributed by atoms with Crippen molar-refractivity contribution in [2.45, 2.75) is 39.3 Å². The Labute approximate surface area is 153 Å². The Morgan fingerprint density at radius 3 is 2.08 bits per heavy atom. The summed E-state index contributed by atoms with van der Waals surface area (Å²) in [6.45, 7) is 6.92. The van der Waals surface area contributed by atoms with Gasteiger partial charge < -0.3 is 9.47 Å². The molecule has 0 radical (unpaired) electrons. The van der Waals surface area contributed by atoms with Crippen molar-refractivity contribution in [3.05, 3.63) is 59.3 Å². The SMILES string of the molecule is CCCCc1cc(OC)c(/C=C/[Si](C)(C)c2ccccc2)c(OC)c1. The molecular weight excluding hydrogens is 324 g/mol. The third kappa shape index (κ3) is 4.99. The van der Waals surface area contributed by atoms with Gasteiger partial charge in [0.15, 0.2) is 0 Å². The van der Waals surface area contributed by atoms with E-state index >= 15 is 0 Å². The minimum absolute atomic E-state index is 0.888. The number of unbranched alkanes of at least 4 members (excludes halogenated alkanes) is 1. The molecule has 0 aliphatic rings. The highest BCUT2D eigenvalue weighted by atomic mass is 28.3. The predicted molar refractivity (Wildman–Crippen MR) is 111 cm³/mol. The molecule has 3 heteroatoms. The first kappa shape index (κ1) is 19.3. The van der Waals surface area contributed by atoms with Gasteiger partial charge in [-0.05, 0) is 30.5 Å².